The Morgan fingerprint density at radius 2 is 1.95 bits per heavy atom. The molecule has 1 aromatic rings. The number of rotatable bonds is 8. The summed E-state index contributed by atoms with van der Waals surface area (Å²) in [5, 5.41) is 24.3. The topological polar surface area (TPSA) is 84.6 Å². The Morgan fingerprint density at radius 3 is 2.43 bits per heavy atom. The van der Waals surface area contributed by atoms with Gasteiger partial charge in [0.05, 0.1) is 22.7 Å². The van der Waals surface area contributed by atoms with Gasteiger partial charge in [-0.05, 0) is 26.7 Å². The van der Waals surface area contributed by atoms with Crippen LogP contribution in [-0.2, 0) is 0 Å². The quantitative estimate of drug-likeness (QED) is 0.567. The molecule has 0 fully saturated rings. The summed E-state index contributed by atoms with van der Waals surface area (Å²) < 4.78 is 5.52. The smallest absolute Gasteiger partial charge is 0.275 e. The van der Waals surface area contributed by atoms with Gasteiger partial charge in [-0.1, -0.05) is 13.8 Å². The molecule has 0 heterocycles. The average Bonchev–Trinajstić information content (AvgIpc) is 2.43. The van der Waals surface area contributed by atoms with Gasteiger partial charge in [-0.25, -0.2) is 0 Å². The van der Waals surface area contributed by atoms with Crippen molar-refractivity contribution in [2.45, 2.75) is 52.2 Å². The summed E-state index contributed by atoms with van der Waals surface area (Å²) in [6, 6.07) is 4.55. The summed E-state index contributed by atoms with van der Waals surface area (Å²) in [4.78, 5) is 10.5. The molecule has 0 saturated carbocycles. The molecule has 0 atom stereocenters. The van der Waals surface area contributed by atoms with Crippen molar-refractivity contribution in [2.75, 3.05) is 11.9 Å². The second-order valence-electron chi connectivity index (χ2n) is 5.42. The van der Waals surface area contributed by atoms with E-state index in [1.54, 1.807) is 6.07 Å². The fourth-order valence-corrected chi connectivity index (χ4v) is 1.90. The maximum atomic E-state index is 11.0. The summed E-state index contributed by atoms with van der Waals surface area (Å²) in [5.41, 5.74) is -0.281. The number of anilines is 1. The van der Waals surface area contributed by atoms with E-state index < -0.39 is 10.5 Å². The summed E-state index contributed by atoms with van der Waals surface area (Å²) >= 11 is 0. The van der Waals surface area contributed by atoms with Gasteiger partial charge in [0.15, 0.2) is 0 Å². The third kappa shape index (κ3) is 5.23. The van der Waals surface area contributed by atoms with E-state index in [1.165, 1.54) is 12.1 Å². The van der Waals surface area contributed by atoms with E-state index in [0.29, 0.717) is 30.8 Å². The van der Waals surface area contributed by atoms with Crippen LogP contribution in [0.2, 0.25) is 0 Å². The van der Waals surface area contributed by atoms with E-state index in [0.717, 1.165) is 0 Å². The molecule has 0 bridgehead atoms. The van der Waals surface area contributed by atoms with Crippen LogP contribution in [0.1, 0.15) is 40.5 Å². The summed E-state index contributed by atoms with van der Waals surface area (Å²) in [6.45, 7) is 7.87. The fourth-order valence-electron chi connectivity index (χ4n) is 1.90. The maximum absolute atomic E-state index is 11.0. The molecule has 2 N–H and O–H groups in total. The van der Waals surface area contributed by atoms with Crippen molar-refractivity contribution in [3.8, 4) is 5.75 Å². The first kappa shape index (κ1) is 17.2. The highest BCUT2D eigenvalue weighted by atomic mass is 16.6. The molecule has 1 rings (SSSR count). The minimum absolute atomic E-state index is 0.0350. The van der Waals surface area contributed by atoms with Crippen molar-refractivity contribution in [1.82, 2.24) is 0 Å². The Morgan fingerprint density at radius 1 is 1.33 bits per heavy atom. The minimum Gasteiger partial charge on any atom is -0.491 e. The lowest BCUT2D eigenvalue weighted by atomic mass is 9.97. The molecule has 0 unspecified atom stereocenters. The van der Waals surface area contributed by atoms with Crippen LogP contribution in [0, 0.1) is 10.1 Å². The Kier molecular flexibility index (Phi) is 5.96. The van der Waals surface area contributed by atoms with Gasteiger partial charge < -0.3 is 15.2 Å². The van der Waals surface area contributed by atoms with Gasteiger partial charge in [0.25, 0.3) is 5.69 Å². The molecule has 0 aliphatic heterocycles. The lowest BCUT2D eigenvalue weighted by Gasteiger charge is -2.26. The third-order valence-corrected chi connectivity index (χ3v) is 3.41. The molecule has 0 spiro atoms. The van der Waals surface area contributed by atoms with Crippen molar-refractivity contribution in [1.29, 1.82) is 0 Å². The highest BCUT2D eigenvalue weighted by Crippen LogP contribution is 2.27. The number of nitrogens with one attached hydrogen (secondary N) is 1. The zero-order chi connectivity index (χ0) is 16.0. The summed E-state index contributed by atoms with van der Waals surface area (Å²) in [6.07, 6.45) is 1.16. The zero-order valence-electron chi connectivity index (χ0n) is 13.0. The molecule has 0 amide bonds. The van der Waals surface area contributed by atoms with Gasteiger partial charge >= 0.3 is 0 Å². The number of benzene rings is 1. The van der Waals surface area contributed by atoms with Crippen LogP contribution in [0.3, 0.4) is 0 Å². The maximum Gasteiger partial charge on any atom is 0.275 e. The van der Waals surface area contributed by atoms with Gasteiger partial charge in [-0.2, -0.15) is 0 Å². The normalized spacial score (nSPS) is 11.5. The van der Waals surface area contributed by atoms with Gasteiger partial charge in [0.1, 0.15) is 5.75 Å². The van der Waals surface area contributed by atoms with Crippen molar-refractivity contribution < 1.29 is 14.8 Å². The number of non-ortho nitro benzene ring substituents is 1. The number of hydrogen-bond donors (Lipinski definition) is 2. The lowest BCUT2D eigenvalue weighted by molar-refractivity contribution is -0.384. The minimum atomic E-state index is -0.816. The van der Waals surface area contributed by atoms with Crippen LogP contribution in [0.25, 0.3) is 0 Å². The Labute approximate surface area is 125 Å². The SMILES string of the molecule is CCC(O)(CC)CNc1cc(OC(C)C)cc([N+](=O)[O-])c1. The number of hydrogen-bond acceptors (Lipinski definition) is 5. The van der Waals surface area contributed by atoms with Crippen LogP contribution in [0.15, 0.2) is 18.2 Å². The number of nitro benzene ring substituents is 1. The van der Waals surface area contributed by atoms with E-state index in [4.69, 9.17) is 4.74 Å². The second kappa shape index (κ2) is 7.26. The third-order valence-electron chi connectivity index (χ3n) is 3.41. The lowest BCUT2D eigenvalue weighted by Crippen LogP contribution is -2.35. The summed E-state index contributed by atoms with van der Waals surface area (Å²) in [7, 11) is 0. The summed E-state index contributed by atoms with van der Waals surface area (Å²) in [5.74, 6) is 0.443. The number of nitrogens with zero attached hydrogens (tertiary/aromatic N) is 1. The van der Waals surface area contributed by atoms with Crippen LogP contribution in [-0.4, -0.2) is 28.3 Å². The molecule has 0 radical (unpaired) electrons. The predicted molar refractivity (Wildman–Crippen MR) is 82.9 cm³/mol. The molecular weight excluding hydrogens is 272 g/mol. The standard InChI is InChI=1S/C15H24N2O4/c1-5-15(18,6-2)10-16-12-7-13(17(19)20)9-14(8-12)21-11(3)4/h7-9,11,16,18H,5-6,10H2,1-4H3. The van der Waals surface area contributed by atoms with Crippen molar-refractivity contribution in [3.63, 3.8) is 0 Å². The van der Waals surface area contributed by atoms with Gasteiger partial charge in [-0.15, -0.1) is 0 Å². The molecular formula is C15H24N2O4. The van der Waals surface area contributed by atoms with Crippen molar-refractivity contribution in [3.05, 3.63) is 28.3 Å². The van der Waals surface area contributed by atoms with Gasteiger partial charge in [-0.3, -0.25) is 10.1 Å². The largest absolute Gasteiger partial charge is 0.491 e. The average molecular weight is 296 g/mol. The Balaban J connectivity index is 2.95. The molecule has 21 heavy (non-hydrogen) atoms. The highest BCUT2D eigenvalue weighted by molar-refractivity contribution is 5.56. The van der Waals surface area contributed by atoms with Crippen molar-refractivity contribution in [2.24, 2.45) is 0 Å². The van der Waals surface area contributed by atoms with Crippen LogP contribution >= 0.6 is 0 Å². The van der Waals surface area contributed by atoms with E-state index in [9.17, 15) is 15.2 Å². The van der Waals surface area contributed by atoms with Gasteiger partial charge in [0.2, 0.25) is 0 Å². The highest BCUT2D eigenvalue weighted by Gasteiger charge is 2.22. The molecule has 0 aliphatic rings. The van der Waals surface area contributed by atoms with Gasteiger partial charge in [0, 0.05) is 24.4 Å². The number of nitro groups is 1. The van der Waals surface area contributed by atoms with E-state index in [2.05, 4.69) is 5.32 Å². The molecule has 6 nitrogen and oxygen atoms in total. The van der Waals surface area contributed by atoms with Crippen LogP contribution in [0.5, 0.6) is 5.75 Å². The first-order valence-corrected chi connectivity index (χ1v) is 7.22. The van der Waals surface area contributed by atoms with Crippen LogP contribution in [0.4, 0.5) is 11.4 Å². The van der Waals surface area contributed by atoms with Crippen molar-refractivity contribution >= 4 is 11.4 Å². The van der Waals surface area contributed by atoms with Crippen LogP contribution < -0.4 is 10.1 Å². The zero-order valence-corrected chi connectivity index (χ0v) is 13.0. The fraction of sp³-hybridized carbons (Fsp3) is 0.600. The number of ether oxygens (including phenoxy) is 1. The first-order chi connectivity index (χ1) is 9.79. The Bertz CT molecular complexity index is 485. The first-order valence-electron chi connectivity index (χ1n) is 7.22. The Hall–Kier alpha value is -1.82. The molecule has 118 valence electrons. The van der Waals surface area contributed by atoms with E-state index in [1.807, 2.05) is 27.7 Å². The monoisotopic (exact) mass is 296 g/mol. The second-order valence-corrected chi connectivity index (χ2v) is 5.42. The predicted octanol–water partition coefficient (Wildman–Crippen LogP) is 3.35. The molecule has 0 aromatic heterocycles. The number of aliphatic hydroxyl groups is 1. The van der Waals surface area contributed by atoms with E-state index in [-0.39, 0.29) is 11.8 Å². The molecule has 6 heteroatoms. The molecule has 0 aliphatic carbocycles. The molecule has 0 saturated heterocycles. The molecule has 1 aromatic carbocycles. The van der Waals surface area contributed by atoms with E-state index >= 15 is 0 Å².